The van der Waals surface area contributed by atoms with Crippen molar-refractivity contribution in [3.8, 4) is 5.75 Å². The second kappa shape index (κ2) is 7.46. The van der Waals surface area contributed by atoms with Crippen LogP contribution in [0.25, 0.3) is 10.9 Å². The lowest BCUT2D eigenvalue weighted by atomic mass is 9.83. The van der Waals surface area contributed by atoms with Gasteiger partial charge in [0.1, 0.15) is 17.1 Å². The molecule has 1 aliphatic rings. The molecule has 2 aromatic carbocycles. The summed E-state index contributed by atoms with van der Waals surface area (Å²) in [5.74, 6) is -0.660. The normalized spacial score (nSPS) is 14.9. The van der Waals surface area contributed by atoms with Crippen LogP contribution in [0.3, 0.4) is 0 Å². The van der Waals surface area contributed by atoms with Crippen LogP contribution in [0.5, 0.6) is 5.75 Å². The van der Waals surface area contributed by atoms with E-state index >= 15 is 0 Å². The fourth-order valence-corrected chi connectivity index (χ4v) is 3.94. The molecule has 0 unspecified atom stereocenters. The van der Waals surface area contributed by atoms with Crippen LogP contribution in [0.15, 0.2) is 47.4 Å². The number of phenolic OH excluding ortho intramolecular Hbond substituents is 1. The van der Waals surface area contributed by atoms with Crippen LogP contribution in [-0.2, 0) is 0 Å². The average molecular weight is 380 g/mol. The predicted octanol–water partition coefficient (Wildman–Crippen LogP) is 4.67. The smallest absolute Gasteiger partial charge is 0.261 e. The lowest BCUT2D eigenvalue weighted by Gasteiger charge is -2.23. The summed E-state index contributed by atoms with van der Waals surface area (Å²) >= 11 is 0. The fourth-order valence-electron chi connectivity index (χ4n) is 3.94. The Morgan fingerprint density at radius 2 is 1.89 bits per heavy atom. The Kier molecular flexibility index (Phi) is 4.86. The predicted molar refractivity (Wildman–Crippen MR) is 106 cm³/mol. The number of hydrogen-bond acceptors (Lipinski definition) is 3. The van der Waals surface area contributed by atoms with Gasteiger partial charge in [0.25, 0.3) is 5.91 Å². The van der Waals surface area contributed by atoms with Crippen molar-refractivity contribution in [2.45, 2.75) is 38.0 Å². The van der Waals surface area contributed by atoms with Crippen molar-refractivity contribution in [3.63, 3.8) is 0 Å². The summed E-state index contributed by atoms with van der Waals surface area (Å²) in [6.45, 7) is 0. The van der Waals surface area contributed by atoms with E-state index in [0.717, 1.165) is 37.3 Å². The standard InChI is InChI=1S/C22H21FN2O3/c23-14-6-9-19-17(10-14)21(27)18(12-24-19)22(28)25-15-7-8-16(20(26)11-15)13-4-2-1-3-5-13/h6-13,26H,1-5H2,(H,24,27)(H,25,28). The van der Waals surface area contributed by atoms with Crippen molar-refractivity contribution in [1.82, 2.24) is 4.98 Å². The molecule has 0 aliphatic heterocycles. The maximum absolute atomic E-state index is 13.5. The van der Waals surface area contributed by atoms with Crippen molar-refractivity contribution in [3.05, 3.63) is 69.8 Å². The Labute approximate surface area is 161 Å². The van der Waals surface area contributed by atoms with Gasteiger partial charge in [-0.2, -0.15) is 0 Å². The molecule has 5 nitrogen and oxygen atoms in total. The van der Waals surface area contributed by atoms with Gasteiger partial charge in [-0.15, -0.1) is 0 Å². The number of fused-ring (bicyclic) bond motifs is 1. The van der Waals surface area contributed by atoms with E-state index in [1.54, 1.807) is 6.07 Å². The van der Waals surface area contributed by atoms with Crippen LogP contribution < -0.4 is 10.7 Å². The first-order valence-corrected chi connectivity index (χ1v) is 9.48. The lowest BCUT2D eigenvalue weighted by Crippen LogP contribution is -2.22. The molecular weight excluding hydrogens is 359 g/mol. The molecule has 1 aliphatic carbocycles. The number of phenols is 1. The molecule has 0 saturated heterocycles. The number of hydrogen-bond donors (Lipinski definition) is 3. The number of benzene rings is 2. The third-order valence-electron chi connectivity index (χ3n) is 5.42. The number of anilines is 1. The zero-order valence-corrected chi connectivity index (χ0v) is 15.3. The third kappa shape index (κ3) is 3.50. The van der Waals surface area contributed by atoms with E-state index in [9.17, 15) is 19.1 Å². The van der Waals surface area contributed by atoms with Gasteiger partial charge in [-0.1, -0.05) is 25.3 Å². The van der Waals surface area contributed by atoms with E-state index in [0.29, 0.717) is 17.1 Å². The van der Waals surface area contributed by atoms with Gasteiger partial charge in [-0.05, 0) is 48.6 Å². The Morgan fingerprint density at radius 1 is 1.11 bits per heavy atom. The fraction of sp³-hybridized carbons (Fsp3) is 0.273. The Hall–Kier alpha value is -3.15. The number of rotatable bonds is 3. The molecule has 0 atom stereocenters. The van der Waals surface area contributed by atoms with Crippen LogP contribution in [0.4, 0.5) is 10.1 Å². The largest absolute Gasteiger partial charge is 0.508 e. The number of carbonyl (C=O) groups excluding carboxylic acids is 1. The molecule has 3 aromatic rings. The summed E-state index contributed by atoms with van der Waals surface area (Å²) in [4.78, 5) is 27.9. The summed E-state index contributed by atoms with van der Waals surface area (Å²) in [6, 6.07) is 8.88. The summed E-state index contributed by atoms with van der Waals surface area (Å²) in [7, 11) is 0. The molecule has 1 saturated carbocycles. The number of H-pyrrole nitrogens is 1. The van der Waals surface area contributed by atoms with Gasteiger partial charge in [0.15, 0.2) is 0 Å². The first-order valence-electron chi connectivity index (χ1n) is 9.48. The number of aromatic nitrogens is 1. The highest BCUT2D eigenvalue weighted by Crippen LogP contribution is 2.38. The van der Waals surface area contributed by atoms with E-state index in [4.69, 9.17) is 0 Å². The SMILES string of the molecule is O=C(Nc1ccc(C2CCCCC2)c(O)c1)c1c[nH]c2ccc(F)cc2c1=O. The van der Waals surface area contributed by atoms with Crippen molar-refractivity contribution in [1.29, 1.82) is 0 Å². The van der Waals surface area contributed by atoms with E-state index in [-0.39, 0.29) is 16.7 Å². The molecule has 1 heterocycles. The van der Waals surface area contributed by atoms with Crippen LogP contribution in [0.1, 0.15) is 53.9 Å². The Balaban J connectivity index is 1.58. The van der Waals surface area contributed by atoms with Crippen molar-refractivity contribution in [2.24, 2.45) is 0 Å². The van der Waals surface area contributed by atoms with Crippen LogP contribution in [-0.4, -0.2) is 16.0 Å². The molecule has 28 heavy (non-hydrogen) atoms. The van der Waals surface area contributed by atoms with E-state index in [2.05, 4.69) is 10.3 Å². The first-order chi connectivity index (χ1) is 13.5. The Bertz CT molecular complexity index is 1100. The van der Waals surface area contributed by atoms with Gasteiger partial charge in [0.05, 0.1) is 0 Å². The van der Waals surface area contributed by atoms with E-state index < -0.39 is 17.2 Å². The summed E-state index contributed by atoms with van der Waals surface area (Å²) in [5.41, 5.74) is 1.10. The second-order valence-electron chi connectivity index (χ2n) is 7.28. The molecule has 144 valence electrons. The van der Waals surface area contributed by atoms with Crippen molar-refractivity contribution < 1.29 is 14.3 Å². The van der Waals surface area contributed by atoms with E-state index in [1.807, 2.05) is 6.07 Å². The highest BCUT2D eigenvalue weighted by molar-refractivity contribution is 6.05. The molecule has 0 bridgehead atoms. The second-order valence-corrected chi connectivity index (χ2v) is 7.28. The number of halogens is 1. The maximum atomic E-state index is 13.5. The first kappa shape index (κ1) is 18.2. The number of nitrogens with one attached hydrogen (secondary N) is 2. The lowest BCUT2D eigenvalue weighted by molar-refractivity contribution is 0.102. The highest BCUT2D eigenvalue weighted by Gasteiger charge is 2.19. The average Bonchev–Trinajstić information content (AvgIpc) is 2.69. The van der Waals surface area contributed by atoms with Crippen LogP contribution in [0.2, 0.25) is 0 Å². The zero-order valence-electron chi connectivity index (χ0n) is 15.3. The number of aromatic amines is 1. The molecule has 0 radical (unpaired) electrons. The summed E-state index contributed by atoms with van der Waals surface area (Å²) < 4.78 is 13.5. The van der Waals surface area contributed by atoms with Crippen molar-refractivity contribution >= 4 is 22.5 Å². The minimum Gasteiger partial charge on any atom is -0.508 e. The molecule has 4 rings (SSSR count). The maximum Gasteiger partial charge on any atom is 0.261 e. The van der Waals surface area contributed by atoms with Crippen LogP contribution in [0, 0.1) is 5.82 Å². The van der Waals surface area contributed by atoms with Gasteiger partial charge in [0, 0.05) is 28.9 Å². The minimum atomic E-state index is -0.614. The molecular formula is C22H21FN2O3. The zero-order chi connectivity index (χ0) is 19.7. The topological polar surface area (TPSA) is 82.2 Å². The quantitative estimate of drug-likeness (QED) is 0.617. The summed E-state index contributed by atoms with van der Waals surface area (Å²) in [5, 5.41) is 13.1. The molecule has 1 amide bonds. The number of carbonyl (C=O) groups is 1. The molecule has 6 heteroatoms. The highest BCUT2D eigenvalue weighted by atomic mass is 19.1. The van der Waals surface area contributed by atoms with E-state index in [1.165, 1.54) is 30.8 Å². The molecule has 1 fully saturated rings. The van der Waals surface area contributed by atoms with Gasteiger partial charge >= 0.3 is 0 Å². The third-order valence-corrected chi connectivity index (χ3v) is 5.42. The van der Waals surface area contributed by atoms with Crippen LogP contribution >= 0.6 is 0 Å². The molecule has 0 spiro atoms. The monoisotopic (exact) mass is 380 g/mol. The summed E-state index contributed by atoms with van der Waals surface area (Å²) in [6.07, 6.45) is 6.98. The number of amides is 1. The van der Waals surface area contributed by atoms with Gasteiger partial charge in [0.2, 0.25) is 5.43 Å². The van der Waals surface area contributed by atoms with Crippen molar-refractivity contribution in [2.75, 3.05) is 5.32 Å². The van der Waals surface area contributed by atoms with Gasteiger partial charge in [-0.3, -0.25) is 9.59 Å². The number of aromatic hydroxyl groups is 1. The molecule has 1 aromatic heterocycles. The minimum absolute atomic E-state index is 0.114. The Morgan fingerprint density at radius 3 is 2.64 bits per heavy atom. The number of pyridine rings is 1. The molecule has 3 N–H and O–H groups in total. The van der Waals surface area contributed by atoms with Gasteiger partial charge < -0.3 is 15.4 Å². The van der Waals surface area contributed by atoms with Gasteiger partial charge in [-0.25, -0.2) is 4.39 Å².